The van der Waals surface area contributed by atoms with Gasteiger partial charge in [-0.05, 0) is 46.0 Å². The summed E-state index contributed by atoms with van der Waals surface area (Å²) < 4.78 is 6.63. The number of hydrogen-bond acceptors (Lipinski definition) is 2. The first kappa shape index (κ1) is 12.8. The molecule has 0 aliphatic heterocycles. The molecular weight excluding hydrogens is 328 g/mol. The van der Waals surface area contributed by atoms with E-state index in [1.54, 1.807) is 0 Å². The molecule has 2 atom stereocenters. The Bertz CT molecular complexity index is 820. The Hall–Kier alpha value is -1.87. The van der Waals surface area contributed by atoms with Crippen LogP contribution in [0.4, 0.5) is 0 Å². The zero-order valence-electron chi connectivity index (χ0n) is 11.3. The molecule has 0 bridgehead atoms. The highest BCUT2D eigenvalue weighted by Gasteiger charge is 2.45. The number of rotatable bonds is 3. The summed E-state index contributed by atoms with van der Waals surface area (Å²) in [4.78, 5) is 12.6. The standard InChI is InChI=1S/C18H13BrO2/c19-15-8-4-7-12-9-16(21-18(12)15)17(20)14-10-13(14)11-5-2-1-3-6-11/h1-9,13-14H,10H2. The molecule has 1 fully saturated rings. The number of fused-ring (bicyclic) bond motifs is 1. The van der Waals surface area contributed by atoms with Crippen LogP contribution in [0.25, 0.3) is 11.0 Å². The number of hydrogen-bond donors (Lipinski definition) is 0. The molecule has 1 aliphatic carbocycles. The second-order valence-electron chi connectivity index (χ2n) is 5.49. The fourth-order valence-corrected chi connectivity index (χ4v) is 3.35. The molecule has 2 aromatic carbocycles. The summed E-state index contributed by atoms with van der Waals surface area (Å²) >= 11 is 3.46. The highest BCUT2D eigenvalue weighted by Crippen LogP contribution is 2.49. The van der Waals surface area contributed by atoms with Gasteiger partial charge in [0, 0.05) is 11.3 Å². The summed E-state index contributed by atoms with van der Waals surface area (Å²) in [6.07, 6.45) is 0.918. The van der Waals surface area contributed by atoms with Crippen LogP contribution >= 0.6 is 15.9 Å². The summed E-state index contributed by atoms with van der Waals surface area (Å²) in [5.41, 5.74) is 1.99. The number of carbonyl (C=O) groups is 1. The first-order valence-corrected chi connectivity index (χ1v) is 7.80. The van der Waals surface area contributed by atoms with Crippen molar-refractivity contribution >= 4 is 32.7 Å². The first-order chi connectivity index (χ1) is 10.2. The summed E-state index contributed by atoms with van der Waals surface area (Å²) in [7, 11) is 0. The lowest BCUT2D eigenvalue weighted by molar-refractivity contribution is 0.0940. The molecule has 0 saturated heterocycles. The van der Waals surface area contributed by atoms with Crippen LogP contribution in [0.5, 0.6) is 0 Å². The van der Waals surface area contributed by atoms with E-state index in [0.717, 1.165) is 21.9 Å². The van der Waals surface area contributed by atoms with Crippen LogP contribution in [-0.2, 0) is 0 Å². The molecule has 0 N–H and O–H groups in total. The molecular formula is C18H13BrO2. The van der Waals surface area contributed by atoms with Crippen LogP contribution in [0.3, 0.4) is 0 Å². The third-order valence-electron chi connectivity index (χ3n) is 4.09. The molecule has 21 heavy (non-hydrogen) atoms. The van der Waals surface area contributed by atoms with Crippen molar-refractivity contribution in [1.29, 1.82) is 0 Å². The van der Waals surface area contributed by atoms with Gasteiger partial charge < -0.3 is 4.42 Å². The molecule has 1 aliphatic rings. The predicted molar refractivity (Wildman–Crippen MR) is 85.5 cm³/mol. The van der Waals surface area contributed by atoms with E-state index in [1.165, 1.54) is 5.56 Å². The molecule has 1 saturated carbocycles. The fraction of sp³-hybridized carbons (Fsp3) is 0.167. The molecule has 1 aromatic heterocycles. The maximum absolute atomic E-state index is 12.6. The maximum atomic E-state index is 12.6. The molecule has 2 unspecified atom stereocenters. The normalized spacial score (nSPS) is 20.6. The topological polar surface area (TPSA) is 30.2 Å². The second-order valence-corrected chi connectivity index (χ2v) is 6.35. The van der Waals surface area contributed by atoms with Crippen molar-refractivity contribution in [2.75, 3.05) is 0 Å². The van der Waals surface area contributed by atoms with E-state index >= 15 is 0 Å². The summed E-state index contributed by atoms with van der Waals surface area (Å²) in [6, 6.07) is 17.9. The molecule has 0 radical (unpaired) electrons. The van der Waals surface area contributed by atoms with E-state index in [4.69, 9.17) is 4.42 Å². The van der Waals surface area contributed by atoms with Gasteiger partial charge in [0.05, 0.1) is 4.47 Å². The quantitative estimate of drug-likeness (QED) is 0.614. The minimum absolute atomic E-state index is 0.0618. The summed E-state index contributed by atoms with van der Waals surface area (Å²) in [5, 5.41) is 0.963. The number of Topliss-reactive ketones (excluding diaryl/α,β-unsaturated/α-hetero) is 1. The van der Waals surface area contributed by atoms with E-state index in [0.29, 0.717) is 11.7 Å². The van der Waals surface area contributed by atoms with E-state index < -0.39 is 0 Å². The van der Waals surface area contributed by atoms with Crippen molar-refractivity contribution < 1.29 is 9.21 Å². The number of furan rings is 1. The fourth-order valence-electron chi connectivity index (χ4n) is 2.89. The Morgan fingerprint density at radius 3 is 2.67 bits per heavy atom. The highest BCUT2D eigenvalue weighted by atomic mass is 79.9. The Labute approximate surface area is 130 Å². The van der Waals surface area contributed by atoms with Gasteiger partial charge in [0.1, 0.15) is 5.58 Å². The van der Waals surface area contributed by atoms with Gasteiger partial charge >= 0.3 is 0 Å². The first-order valence-electron chi connectivity index (χ1n) is 7.01. The summed E-state index contributed by atoms with van der Waals surface area (Å²) in [5.74, 6) is 0.995. The third-order valence-corrected chi connectivity index (χ3v) is 4.72. The van der Waals surface area contributed by atoms with Crippen molar-refractivity contribution in [2.45, 2.75) is 12.3 Å². The lowest BCUT2D eigenvalue weighted by Crippen LogP contribution is -2.01. The SMILES string of the molecule is O=C(c1cc2cccc(Br)c2o1)C1CC1c1ccccc1. The molecule has 4 rings (SSSR count). The highest BCUT2D eigenvalue weighted by molar-refractivity contribution is 9.10. The largest absolute Gasteiger partial charge is 0.452 e. The molecule has 3 heteroatoms. The Balaban J connectivity index is 1.62. The Kier molecular flexibility index (Phi) is 2.96. The monoisotopic (exact) mass is 340 g/mol. The second kappa shape index (κ2) is 4.85. The van der Waals surface area contributed by atoms with Gasteiger partial charge in [-0.25, -0.2) is 0 Å². The van der Waals surface area contributed by atoms with E-state index in [2.05, 4.69) is 28.1 Å². The minimum Gasteiger partial charge on any atom is -0.452 e. The van der Waals surface area contributed by atoms with Crippen LogP contribution in [0.1, 0.15) is 28.5 Å². The van der Waals surface area contributed by atoms with Crippen LogP contribution in [0, 0.1) is 5.92 Å². The van der Waals surface area contributed by atoms with E-state index in [9.17, 15) is 4.79 Å². The third kappa shape index (κ3) is 2.22. The lowest BCUT2D eigenvalue weighted by Gasteiger charge is -1.98. The molecule has 3 aromatic rings. The van der Waals surface area contributed by atoms with Gasteiger partial charge in [-0.3, -0.25) is 4.79 Å². The Morgan fingerprint density at radius 1 is 1.10 bits per heavy atom. The van der Waals surface area contributed by atoms with Gasteiger partial charge in [0.15, 0.2) is 5.76 Å². The predicted octanol–water partition coefficient (Wildman–Crippen LogP) is 5.18. The summed E-state index contributed by atoms with van der Waals surface area (Å²) in [6.45, 7) is 0. The number of benzene rings is 2. The molecule has 104 valence electrons. The smallest absolute Gasteiger partial charge is 0.201 e. The molecule has 1 heterocycles. The van der Waals surface area contributed by atoms with E-state index in [-0.39, 0.29) is 11.7 Å². The average Bonchev–Trinajstić information content (AvgIpc) is 3.19. The van der Waals surface area contributed by atoms with Crippen LogP contribution in [-0.4, -0.2) is 5.78 Å². The molecule has 0 amide bonds. The average molecular weight is 341 g/mol. The van der Waals surface area contributed by atoms with Gasteiger partial charge in [-0.15, -0.1) is 0 Å². The number of para-hydroxylation sites is 1. The van der Waals surface area contributed by atoms with E-state index in [1.807, 2.05) is 42.5 Å². The van der Waals surface area contributed by atoms with Crippen molar-refractivity contribution in [1.82, 2.24) is 0 Å². The molecule has 2 nitrogen and oxygen atoms in total. The van der Waals surface area contributed by atoms with Crippen LogP contribution < -0.4 is 0 Å². The zero-order chi connectivity index (χ0) is 14.4. The van der Waals surface area contributed by atoms with Gasteiger partial charge in [0.25, 0.3) is 0 Å². The van der Waals surface area contributed by atoms with Crippen molar-refractivity contribution in [2.24, 2.45) is 5.92 Å². The number of ketones is 1. The lowest BCUT2D eigenvalue weighted by atomic mass is 10.1. The number of halogens is 1. The number of carbonyl (C=O) groups excluding carboxylic acids is 1. The van der Waals surface area contributed by atoms with Crippen molar-refractivity contribution in [3.63, 3.8) is 0 Å². The van der Waals surface area contributed by atoms with Crippen molar-refractivity contribution in [3.05, 3.63) is 70.4 Å². The van der Waals surface area contributed by atoms with Crippen LogP contribution in [0.2, 0.25) is 0 Å². The zero-order valence-corrected chi connectivity index (χ0v) is 12.8. The molecule has 0 spiro atoms. The minimum atomic E-state index is 0.0618. The van der Waals surface area contributed by atoms with Crippen molar-refractivity contribution in [3.8, 4) is 0 Å². The Morgan fingerprint density at radius 2 is 1.90 bits per heavy atom. The van der Waals surface area contributed by atoms with Gasteiger partial charge in [-0.2, -0.15) is 0 Å². The maximum Gasteiger partial charge on any atom is 0.201 e. The van der Waals surface area contributed by atoms with Crippen LogP contribution in [0.15, 0.2) is 63.5 Å². The van der Waals surface area contributed by atoms with Gasteiger partial charge in [0.2, 0.25) is 5.78 Å². The van der Waals surface area contributed by atoms with Gasteiger partial charge in [-0.1, -0.05) is 42.5 Å².